The zero-order valence-corrected chi connectivity index (χ0v) is 14.3. The van der Waals surface area contributed by atoms with E-state index in [9.17, 15) is 18.8 Å². The summed E-state index contributed by atoms with van der Waals surface area (Å²) in [6.07, 6.45) is 4.25. The highest BCUT2D eigenvalue weighted by Crippen LogP contribution is 2.19. The van der Waals surface area contributed by atoms with Gasteiger partial charge in [-0.05, 0) is 37.1 Å². The van der Waals surface area contributed by atoms with Gasteiger partial charge in [0.1, 0.15) is 11.9 Å². The summed E-state index contributed by atoms with van der Waals surface area (Å²) in [5, 5.41) is 2.71. The standard InChI is InChI=1S/C18H18FN5O3/c19-14-7-2-1-6-13(14)16(25)22-23-18(27)24-10-4-8-15(24)17(26)21-12-5-3-9-20-11-12/h1-3,5-7,9,11,15H,4,8,10H2,(H,21,26)(H,22,25)(H,23,27). The number of nitrogens with zero attached hydrogens (tertiary/aromatic N) is 2. The van der Waals surface area contributed by atoms with Crippen LogP contribution in [0.4, 0.5) is 14.9 Å². The van der Waals surface area contributed by atoms with E-state index in [2.05, 4.69) is 21.2 Å². The molecule has 8 nitrogen and oxygen atoms in total. The van der Waals surface area contributed by atoms with E-state index < -0.39 is 23.8 Å². The molecule has 0 radical (unpaired) electrons. The molecule has 140 valence electrons. The number of likely N-dealkylation sites (tertiary alicyclic amines) is 1. The molecule has 0 bridgehead atoms. The second-order valence-corrected chi connectivity index (χ2v) is 5.95. The van der Waals surface area contributed by atoms with Crippen molar-refractivity contribution in [3.8, 4) is 0 Å². The van der Waals surface area contributed by atoms with E-state index in [0.717, 1.165) is 6.07 Å². The maximum Gasteiger partial charge on any atom is 0.336 e. The molecule has 2 heterocycles. The van der Waals surface area contributed by atoms with Gasteiger partial charge in [0.2, 0.25) is 5.91 Å². The largest absolute Gasteiger partial charge is 0.336 e. The highest BCUT2D eigenvalue weighted by atomic mass is 19.1. The van der Waals surface area contributed by atoms with Gasteiger partial charge in [-0.15, -0.1) is 0 Å². The Hall–Kier alpha value is -3.49. The number of aromatic nitrogens is 1. The van der Waals surface area contributed by atoms with Gasteiger partial charge in [0.25, 0.3) is 5.91 Å². The van der Waals surface area contributed by atoms with Crippen LogP contribution in [0.3, 0.4) is 0 Å². The Labute approximate surface area is 154 Å². The van der Waals surface area contributed by atoms with E-state index in [1.807, 2.05) is 0 Å². The Morgan fingerprint density at radius 3 is 2.67 bits per heavy atom. The summed E-state index contributed by atoms with van der Waals surface area (Å²) in [6, 6.07) is 7.50. The normalized spacial score (nSPS) is 15.9. The third-order valence-corrected chi connectivity index (χ3v) is 4.15. The molecule has 27 heavy (non-hydrogen) atoms. The number of amides is 4. The minimum Gasteiger partial charge on any atom is -0.323 e. The van der Waals surface area contributed by atoms with Gasteiger partial charge in [0.05, 0.1) is 17.4 Å². The molecule has 1 aromatic carbocycles. The topological polar surface area (TPSA) is 103 Å². The lowest BCUT2D eigenvalue weighted by Crippen LogP contribution is -2.52. The summed E-state index contributed by atoms with van der Waals surface area (Å²) >= 11 is 0. The monoisotopic (exact) mass is 371 g/mol. The predicted octanol–water partition coefficient (Wildman–Crippen LogP) is 1.68. The molecule has 4 amide bonds. The number of benzene rings is 1. The van der Waals surface area contributed by atoms with Crippen LogP contribution in [0.2, 0.25) is 0 Å². The first-order valence-electron chi connectivity index (χ1n) is 8.38. The molecule has 1 fully saturated rings. The van der Waals surface area contributed by atoms with Crippen LogP contribution in [0.25, 0.3) is 0 Å². The Kier molecular flexibility index (Phi) is 5.60. The highest BCUT2D eigenvalue weighted by Gasteiger charge is 2.34. The van der Waals surface area contributed by atoms with Crippen molar-refractivity contribution in [1.82, 2.24) is 20.7 Å². The molecular weight excluding hydrogens is 353 g/mol. The Morgan fingerprint density at radius 1 is 1.11 bits per heavy atom. The van der Waals surface area contributed by atoms with Gasteiger partial charge in [-0.2, -0.15) is 0 Å². The maximum atomic E-state index is 13.6. The van der Waals surface area contributed by atoms with E-state index in [0.29, 0.717) is 25.1 Å². The van der Waals surface area contributed by atoms with E-state index in [1.54, 1.807) is 18.3 Å². The molecule has 1 atom stereocenters. The lowest BCUT2D eigenvalue weighted by molar-refractivity contribution is -0.119. The molecule has 0 saturated carbocycles. The van der Waals surface area contributed by atoms with Gasteiger partial charge in [0.15, 0.2) is 0 Å². The summed E-state index contributed by atoms with van der Waals surface area (Å²) in [6.45, 7) is 0.368. The van der Waals surface area contributed by atoms with E-state index in [-0.39, 0.29) is 11.5 Å². The molecule has 1 aliphatic heterocycles. The number of urea groups is 1. The molecule has 0 aliphatic carbocycles. The van der Waals surface area contributed by atoms with Gasteiger partial charge in [-0.1, -0.05) is 12.1 Å². The number of hydrogen-bond donors (Lipinski definition) is 3. The Morgan fingerprint density at radius 2 is 1.93 bits per heavy atom. The zero-order chi connectivity index (χ0) is 19.2. The fourth-order valence-corrected chi connectivity index (χ4v) is 2.84. The third kappa shape index (κ3) is 4.38. The van der Waals surface area contributed by atoms with Crippen LogP contribution in [0.1, 0.15) is 23.2 Å². The molecule has 1 aromatic heterocycles. The van der Waals surface area contributed by atoms with Crippen molar-refractivity contribution in [3.05, 3.63) is 60.2 Å². The molecule has 2 aromatic rings. The van der Waals surface area contributed by atoms with Gasteiger partial charge in [-0.3, -0.25) is 20.0 Å². The van der Waals surface area contributed by atoms with E-state index in [1.165, 1.54) is 29.3 Å². The van der Waals surface area contributed by atoms with E-state index in [4.69, 9.17) is 0 Å². The lowest BCUT2D eigenvalue weighted by atomic mass is 10.2. The molecule has 1 aliphatic rings. The summed E-state index contributed by atoms with van der Waals surface area (Å²) in [7, 11) is 0. The van der Waals surface area contributed by atoms with Crippen molar-refractivity contribution < 1.29 is 18.8 Å². The van der Waals surface area contributed by atoms with Gasteiger partial charge < -0.3 is 10.2 Å². The molecule has 1 unspecified atom stereocenters. The number of hydrogen-bond acceptors (Lipinski definition) is 4. The predicted molar refractivity (Wildman–Crippen MR) is 95.0 cm³/mol. The van der Waals surface area contributed by atoms with Crippen molar-refractivity contribution in [2.45, 2.75) is 18.9 Å². The fourth-order valence-electron chi connectivity index (χ4n) is 2.84. The maximum absolute atomic E-state index is 13.6. The van der Waals surface area contributed by atoms with Crippen LogP contribution in [-0.4, -0.2) is 40.3 Å². The first kappa shape index (κ1) is 18.3. The molecule has 0 spiro atoms. The number of carbonyl (C=O) groups excluding carboxylic acids is 3. The van der Waals surface area contributed by atoms with Gasteiger partial charge >= 0.3 is 6.03 Å². The number of anilines is 1. The number of nitrogens with one attached hydrogen (secondary N) is 3. The minimum atomic E-state index is -0.781. The van der Waals surface area contributed by atoms with Crippen molar-refractivity contribution >= 4 is 23.5 Å². The molecule has 3 N–H and O–H groups in total. The summed E-state index contributed by atoms with van der Waals surface area (Å²) in [4.78, 5) is 42.0. The second kappa shape index (κ2) is 8.26. The third-order valence-electron chi connectivity index (χ3n) is 4.15. The summed E-state index contributed by atoms with van der Waals surface area (Å²) in [5.41, 5.74) is 4.73. The molecule has 1 saturated heterocycles. The van der Waals surface area contributed by atoms with Crippen molar-refractivity contribution in [2.75, 3.05) is 11.9 Å². The average Bonchev–Trinajstić information content (AvgIpc) is 3.17. The quantitative estimate of drug-likeness (QED) is 0.714. The summed E-state index contributed by atoms with van der Waals surface area (Å²) in [5.74, 6) is -1.81. The molecular formula is C18H18FN5O3. The molecule has 3 rings (SSSR count). The van der Waals surface area contributed by atoms with Crippen LogP contribution in [0.5, 0.6) is 0 Å². The number of hydrazine groups is 1. The lowest BCUT2D eigenvalue weighted by Gasteiger charge is -2.24. The van der Waals surface area contributed by atoms with Gasteiger partial charge in [-0.25, -0.2) is 14.6 Å². The highest BCUT2D eigenvalue weighted by molar-refractivity contribution is 5.98. The van der Waals surface area contributed by atoms with Crippen LogP contribution >= 0.6 is 0 Å². The number of rotatable bonds is 3. The van der Waals surface area contributed by atoms with Crippen LogP contribution in [-0.2, 0) is 4.79 Å². The van der Waals surface area contributed by atoms with Crippen molar-refractivity contribution in [1.29, 1.82) is 0 Å². The van der Waals surface area contributed by atoms with Crippen LogP contribution in [0.15, 0.2) is 48.8 Å². The first-order chi connectivity index (χ1) is 13.1. The smallest absolute Gasteiger partial charge is 0.323 e. The Bertz CT molecular complexity index is 846. The molecule has 9 heteroatoms. The SMILES string of the molecule is O=C(NNC(=O)N1CCCC1C(=O)Nc1cccnc1)c1ccccc1F. The minimum absolute atomic E-state index is 0.190. The van der Waals surface area contributed by atoms with E-state index >= 15 is 0 Å². The van der Waals surface area contributed by atoms with Crippen LogP contribution < -0.4 is 16.2 Å². The van der Waals surface area contributed by atoms with Gasteiger partial charge in [0, 0.05) is 12.7 Å². The second-order valence-electron chi connectivity index (χ2n) is 5.95. The number of carbonyl (C=O) groups is 3. The average molecular weight is 371 g/mol. The van der Waals surface area contributed by atoms with Crippen molar-refractivity contribution in [2.24, 2.45) is 0 Å². The van der Waals surface area contributed by atoms with Crippen LogP contribution in [0, 0.1) is 5.82 Å². The Balaban J connectivity index is 1.58. The number of halogens is 1. The zero-order valence-electron chi connectivity index (χ0n) is 14.3. The fraction of sp³-hybridized carbons (Fsp3) is 0.222. The summed E-state index contributed by atoms with van der Waals surface area (Å²) < 4.78 is 13.6. The number of pyridine rings is 1. The van der Waals surface area contributed by atoms with Crippen molar-refractivity contribution in [3.63, 3.8) is 0 Å². The first-order valence-corrected chi connectivity index (χ1v) is 8.38.